The number of hydrogen-bond acceptors (Lipinski definition) is 6. The SMILES string of the molecule is COC(=O)CCc1c(C)nn(-c2ccc(C(=O)N3CCN(c4ccc(Cl)cn4)CC3)cc2)c1C. The molecule has 34 heavy (non-hydrogen) atoms. The van der Waals surface area contributed by atoms with Gasteiger partial charge < -0.3 is 14.5 Å². The molecule has 1 aliphatic heterocycles. The van der Waals surface area contributed by atoms with Crippen molar-refractivity contribution in [1.29, 1.82) is 0 Å². The highest BCUT2D eigenvalue weighted by molar-refractivity contribution is 6.30. The maximum absolute atomic E-state index is 13.0. The highest BCUT2D eigenvalue weighted by Crippen LogP contribution is 2.21. The first-order valence-corrected chi connectivity index (χ1v) is 11.6. The Hall–Kier alpha value is -3.39. The molecule has 8 nitrogen and oxygen atoms in total. The fourth-order valence-corrected chi connectivity index (χ4v) is 4.35. The minimum Gasteiger partial charge on any atom is -0.469 e. The Morgan fingerprint density at radius 3 is 2.35 bits per heavy atom. The number of rotatable bonds is 6. The third-order valence-corrected chi connectivity index (χ3v) is 6.43. The normalized spacial score (nSPS) is 13.8. The number of ether oxygens (including phenoxy) is 1. The molecule has 3 aromatic rings. The molecule has 0 spiro atoms. The molecule has 2 aromatic heterocycles. The van der Waals surface area contributed by atoms with Crippen molar-refractivity contribution in [2.24, 2.45) is 0 Å². The van der Waals surface area contributed by atoms with Crippen LogP contribution in [0.15, 0.2) is 42.6 Å². The van der Waals surface area contributed by atoms with Gasteiger partial charge in [0.2, 0.25) is 0 Å². The summed E-state index contributed by atoms with van der Waals surface area (Å²) < 4.78 is 6.60. The van der Waals surface area contributed by atoms with E-state index in [0.29, 0.717) is 36.5 Å². The minimum atomic E-state index is -0.236. The second-order valence-corrected chi connectivity index (χ2v) is 8.73. The van der Waals surface area contributed by atoms with Crippen molar-refractivity contribution in [2.75, 3.05) is 38.2 Å². The van der Waals surface area contributed by atoms with Gasteiger partial charge in [-0.25, -0.2) is 9.67 Å². The number of aryl methyl sites for hydroxylation is 1. The molecule has 1 aliphatic rings. The zero-order valence-electron chi connectivity index (χ0n) is 19.6. The van der Waals surface area contributed by atoms with Crippen LogP contribution in [0.2, 0.25) is 5.02 Å². The minimum absolute atomic E-state index is 0.0161. The van der Waals surface area contributed by atoms with E-state index in [1.807, 2.05) is 59.8 Å². The number of esters is 1. The van der Waals surface area contributed by atoms with Crippen molar-refractivity contribution in [2.45, 2.75) is 26.7 Å². The lowest BCUT2D eigenvalue weighted by Gasteiger charge is -2.35. The number of methoxy groups -OCH3 is 1. The van der Waals surface area contributed by atoms with Gasteiger partial charge >= 0.3 is 5.97 Å². The summed E-state index contributed by atoms with van der Waals surface area (Å²) in [5, 5.41) is 5.25. The Morgan fingerprint density at radius 2 is 1.74 bits per heavy atom. The second kappa shape index (κ2) is 10.3. The maximum atomic E-state index is 13.0. The lowest BCUT2D eigenvalue weighted by atomic mass is 10.1. The average molecular weight is 482 g/mol. The van der Waals surface area contributed by atoms with Crippen LogP contribution in [0.25, 0.3) is 5.69 Å². The van der Waals surface area contributed by atoms with E-state index < -0.39 is 0 Å². The zero-order valence-corrected chi connectivity index (χ0v) is 20.4. The number of amides is 1. The standard InChI is InChI=1S/C25H28ClN5O3/c1-17-22(9-11-24(32)34-3)18(2)31(28-17)21-7-4-19(5-8-21)25(33)30-14-12-29(13-15-30)23-10-6-20(26)16-27-23/h4-8,10,16H,9,11-15H2,1-3H3. The van der Waals surface area contributed by atoms with Crippen LogP contribution in [0.4, 0.5) is 5.82 Å². The average Bonchev–Trinajstić information content (AvgIpc) is 3.15. The van der Waals surface area contributed by atoms with E-state index in [0.717, 1.165) is 41.5 Å². The number of carbonyl (C=O) groups is 2. The summed E-state index contributed by atoms with van der Waals surface area (Å²) in [5.74, 6) is 0.652. The number of aromatic nitrogens is 3. The van der Waals surface area contributed by atoms with Crippen LogP contribution in [0, 0.1) is 13.8 Å². The summed E-state index contributed by atoms with van der Waals surface area (Å²) in [6, 6.07) is 11.2. The summed E-state index contributed by atoms with van der Waals surface area (Å²) in [4.78, 5) is 33.0. The fraction of sp³-hybridized carbons (Fsp3) is 0.360. The first-order valence-electron chi connectivity index (χ1n) is 11.3. The summed E-state index contributed by atoms with van der Waals surface area (Å²) in [5.41, 5.74) is 4.43. The van der Waals surface area contributed by atoms with Gasteiger partial charge in [0, 0.05) is 50.1 Å². The molecule has 3 heterocycles. The molecule has 4 rings (SSSR count). The van der Waals surface area contributed by atoms with Gasteiger partial charge in [0.05, 0.1) is 23.5 Å². The van der Waals surface area contributed by atoms with Crippen LogP contribution >= 0.6 is 11.6 Å². The molecule has 0 aliphatic carbocycles. The van der Waals surface area contributed by atoms with Gasteiger partial charge in [0.25, 0.3) is 5.91 Å². The smallest absolute Gasteiger partial charge is 0.305 e. The van der Waals surface area contributed by atoms with Crippen LogP contribution in [-0.2, 0) is 16.0 Å². The Bertz CT molecular complexity index is 1170. The highest BCUT2D eigenvalue weighted by atomic mass is 35.5. The van der Waals surface area contributed by atoms with Crippen LogP contribution in [0.1, 0.15) is 33.7 Å². The zero-order chi connectivity index (χ0) is 24.2. The van der Waals surface area contributed by atoms with Crippen molar-refractivity contribution in [3.05, 3.63) is 70.1 Å². The van der Waals surface area contributed by atoms with Gasteiger partial charge in [-0.2, -0.15) is 5.10 Å². The number of benzene rings is 1. The van der Waals surface area contributed by atoms with Gasteiger partial charge in [0.15, 0.2) is 0 Å². The van der Waals surface area contributed by atoms with Crippen molar-refractivity contribution < 1.29 is 14.3 Å². The van der Waals surface area contributed by atoms with Crippen molar-refractivity contribution >= 4 is 29.3 Å². The van der Waals surface area contributed by atoms with Gasteiger partial charge in [0.1, 0.15) is 5.82 Å². The van der Waals surface area contributed by atoms with E-state index in [1.165, 1.54) is 7.11 Å². The van der Waals surface area contributed by atoms with E-state index in [9.17, 15) is 9.59 Å². The van der Waals surface area contributed by atoms with Crippen LogP contribution in [0.3, 0.4) is 0 Å². The molecule has 0 N–H and O–H groups in total. The first-order chi connectivity index (χ1) is 16.4. The van der Waals surface area contributed by atoms with Crippen molar-refractivity contribution in [1.82, 2.24) is 19.7 Å². The first kappa shape index (κ1) is 23.8. The number of halogens is 1. The van der Waals surface area contributed by atoms with E-state index >= 15 is 0 Å². The molecule has 1 amide bonds. The molecule has 0 radical (unpaired) electrons. The van der Waals surface area contributed by atoms with Gasteiger partial charge in [-0.15, -0.1) is 0 Å². The number of nitrogens with zero attached hydrogens (tertiary/aromatic N) is 5. The third kappa shape index (κ3) is 5.07. The summed E-state index contributed by atoms with van der Waals surface area (Å²) in [7, 11) is 1.39. The van der Waals surface area contributed by atoms with Gasteiger partial charge in [-0.3, -0.25) is 9.59 Å². The van der Waals surface area contributed by atoms with Crippen LogP contribution < -0.4 is 4.90 Å². The number of piperazine rings is 1. The quantitative estimate of drug-likeness (QED) is 0.500. The molecule has 0 bridgehead atoms. The molecule has 0 saturated carbocycles. The van der Waals surface area contributed by atoms with Gasteiger partial charge in [-0.1, -0.05) is 11.6 Å². The third-order valence-electron chi connectivity index (χ3n) is 6.21. The predicted octanol–water partition coefficient (Wildman–Crippen LogP) is 3.61. The molecular formula is C25H28ClN5O3. The number of pyridine rings is 1. The molecule has 1 aromatic carbocycles. The molecule has 0 unspecified atom stereocenters. The highest BCUT2D eigenvalue weighted by Gasteiger charge is 2.23. The maximum Gasteiger partial charge on any atom is 0.305 e. The lowest BCUT2D eigenvalue weighted by Crippen LogP contribution is -2.49. The van der Waals surface area contributed by atoms with E-state index in [4.69, 9.17) is 16.3 Å². The summed E-state index contributed by atoms with van der Waals surface area (Å²) in [6.45, 7) is 6.63. The Labute approximate surface area is 204 Å². The summed E-state index contributed by atoms with van der Waals surface area (Å²) in [6.07, 6.45) is 2.54. The molecule has 0 atom stereocenters. The second-order valence-electron chi connectivity index (χ2n) is 8.30. The molecular weight excluding hydrogens is 454 g/mol. The lowest BCUT2D eigenvalue weighted by molar-refractivity contribution is -0.140. The largest absolute Gasteiger partial charge is 0.469 e. The number of anilines is 1. The Morgan fingerprint density at radius 1 is 1.03 bits per heavy atom. The fourth-order valence-electron chi connectivity index (χ4n) is 4.24. The number of hydrogen-bond donors (Lipinski definition) is 0. The van der Waals surface area contributed by atoms with Crippen LogP contribution in [0.5, 0.6) is 0 Å². The van der Waals surface area contributed by atoms with E-state index in [-0.39, 0.29) is 11.9 Å². The molecule has 9 heteroatoms. The van der Waals surface area contributed by atoms with E-state index in [2.05, 4.69) is 15.0 Å². The molecule has 1 saturated heterocycles. The monoisotopic (exact) mass is 481 g/mol. The summed E-state index contributed by atoms with van der Waals surface area (Å²) >= 11 is 5.93. The Kier molecular flexibility index (Phi) is 7.17. The van der Waals surface area contributed by atoms with Crippen molar-refractivity contribution in [3.63, 3.8) is 0 Å². The van der Waals surface area contributed by atoms with Gasteiger partial charge in [-0.05, 0) is 62.2 Å². The molecule has 1 fully saturated rings. The van der Waals surface area contributed by atoms with E-state index in [1.54, 1.807) is 6.20 Å². The molecule has 178 valence electrons. The Balaban J connectivity index is 1.40. The topological polar surface area (TPSA) is 80.6 Å². The van der Waals surface area contributed by atoms with Crippen molar-refractivity contribution in [3.8, 4) is 5.69 Å². The number of carbonyl (C=O) groups excluding carboxylic acids is 2. The predicted molar refractivity (Wildman–Crippen MR) is 131 cm³/mol. The van der Waals surface area contributed by atoms with Crippen LogP contribution in [-0.4, -0.2) is 64.8 Å².